The van der Waals surface area contributed by atoms with Crippen molar-refractivity contribution >= 4 is 22.6 Å². The minimum atomic E-state index is -8.23. The Morgan fingerprint density at radius 3 is 1.27 bits per heavy atom. The number of rotatable bonds is 10. The summed E-state index contributed by atoms with van der Waals surface area (Å²) < 4.78 is 196. The largest absolute Gasteiger partial charge is 0.460 e. The first-order valence-corrected chi connectivity index (χ1v) is 9.11. The Morgan fingerprint density at radius 1 is 0.600 bits per heavy atom. The van der Waals surface area contributed by atoms with Gasteiger partial charge in [0.1, 0.15) is 0 Å². The zero-order valence-corrected chi connectivity index (χ0v) is 17.0. The fraction of sp³-hybridized carbons (Fsp3) is 1.00. The van der Waals surface area contributed by atoms with Gasteiger partial charge < -0.3 is 0 Å². The van der Waals surface area contributed by atoms with E-state index in [-0.39, 0.29) is 19.8 Å². The summed E-state index contributed by atoms with van der Waals surface area (Å²) in [6, 6.07) is 0. The summed E-state index contributed by atoms with van der Waals surface area (Å²) in [6.07, 6.45) is -7.52. The maximum Gasteiger partial charge on any atom is 0.460 e. The SMILES string of the molecule is CCCCC(I)C(C)C(F)(F)C(F)(F)C(F)(F)C(F)(F)C(F)(F)C(F)(F)C(F)(F)F. The maximum atomic E-state index is 14.0. The molecule has 0 aromatic heterocycles. The van der Waals surface area contributed by atoms with Gasteiger partial charge in [0.25, 0.3) is 0 Å². The average molecular weight is 594 g/mol. The molecule has 0 aromatic carbocycles. The van der Waals surface area contributed by atoms with Gasteiger partial charge in [-0.2, -0.15) is 65.9 Å². The highest BCUT2D eigenvalue weighted by molar-refractivity contribution is 14.1. The van der Waals surface area contributed by atoms with Crippen molar-refractivity contribution in [1.82, 2.24) is 0 Å². The van der Waals surface area contributed by atoms with Gasteiger partial charge in [0.05, 0.1) is 0 Å². The lowest BCUT2D eigenvalue weighted by atomic mass is 9.85. The van der Waals surface area contributed by atoms with Crippen LogP contribution in [-0.4, -0.2) is 45.6 Å². The molecular formula is C14H14F15I. The average Bonchev–Trinajstić information content (AvgIpc) is 2.56. The van der Waals surface area contributed by atoms with Gasteiger partial charge in [-0.1, -0.05) is 49.3 Å². The molecule has 0 N–H and O–H groups in total. The second-order valence-electron chi connectivity index (χ2n) is 6.44. The van der Waals surface area contributed by atoms with E-state index in [4.69, 9.17) is 0 Å². The van der Waals surface area contributed by atoms with Crippen LogP contribution in [0.25, 0.3) is 0 Å². The lowest BCUT2D eigenvalue weighted by Gasteiger charge is -2.43. The first kappa shape index (κ1) is 29.7. The zero-order chi connectivity index (χ0) is 24.8. The van der Waals surface area contributed by atoms with E-state index < -0.39 is 51.6 Å². The molecule has 0 aliphatic rings. The van der Waals surface area contributed by atoms with Gasteiger partial charge in [0, 0.05) is 9.84 Å². The maximum absolute atomic E-state index is 14.0. The molecule has 0 aliphatic heterocycles. The van der Waals surface area contributed by atoms with E-state index in [0.29, 0.717) is 6.42 Å². The Kier molecular flexibility index (Phi) is 8.46. The normalized spacial score (nSPS) is 17.8. The number of alkyl halides is 16. The third-order valence-electron chi connectivity index (χ3n) is 4.30. The molecule has 30 heavy (non-hydrogen) atoms. The molecular weight excluding hydrogens is 580 g/mol. The molecule has 0 aliphatic carbocycles. The summed E-state index contributed by atoms with van der Waals surface area (Å²) >= 11 is 1.08. The van der Waals surface area contributed by atoms with Gasteiger partial charge in [-0.3, -0.25) is 0 Å². The smallest absolute Gasteiger partial charge is 0.199 e. The Bertz CT molecular complexity index is 580. The second kappa shape index (κ2) is 8.56. The highest BCUT2D eigenvalue weighted by Crippen LogP contribution is 2.63. The summed E-state index contributed by atoms with van der Waals surface area (Å²) in [5.74, 6) is -48.9. The van der Waals surface area contributed by atoms with E-state index in [2.05, 4.69) is 0 Å². The minimum Gasteiger partial charge on any atom is -0.199 e. The predicted octanol–water partition coefficient (Wildman–Crippen LogP) is 7.99. The van der Waals surface area contributed by atoms with Crippen LogP contribution in [0.5, 0.6) is 0 Å². The van der Waals surface area contributed by atoms with Crippen LogP contribution < -0.4 is 0 Å². The van der Waals surface area contributed by atoms with Gasteiger partial charge in [-0.15, -0.1) is 0 Å². The number of hydrogen-bond donors (Lipinski definition) is 0. The van der Waals surface area contributed by atoms with Gasteiger partial charge in [0.15, 0.2) is 0 Å². The fourth-order valence-corrected chi connectivity index (χ4v) is 3.03. The van der Waals surface area contributed by atoms with Crippen molar-refractivity contribution in [2.75, 3.05) is 0 Å². The molecule has 16 heteroatoms. The van der Waals surface area contributed by atoms with Crippen LogP contribution in [0.4, 0.5) is 65.9 Å². The van der Waals surface area contributed by atoms with E-state index in [1.165, 1.54) is 6.92 Å². The lowest BCUT2D eigenvalue weighted by Crippen LogP contribution is -2.73. The summed E-state index contributed by atoms with van der Waals surface area (Å²) in [5.41, 5.74) is 0. The van der Waals surface area contributed by atoms with E-state index in [0.717, 1.165) is 22.6 Å². The molecule has 2 atom stereocenters. The molecule has 0 bridgehead atoms. The molecule has 0 heterocycles. The zero-order valence-electron chi connectivity index (χ0n) is 14.8. The van der Waals surface area contributed by atoms with Crippen LogP contribution in [0.15, 0.2) is 0 Å². The van der Waals surface area contributed by atoms with Crippen LogP contribution in [-0.2, 0) is 0 Å². The molecule has 0 radical (unpaired) electrons. The molecule has 0 rings (SSSR count). The third kappa shape index (κ3) is 4.30. The van der Waals surface area contributed by atoms with Crippen LogP contribution in [0.3, 0.4) is 0 Å². The summed E-state index contributed by atoms with van der Waals surface area (Å²) in [6.45, 7) is 1.70. The predicted molar refractivity (Wildman–Crippen MR) is 82.2 cm³/mol. The standard InChI is InChI=1S/C14H14F15I/c1-3-4-5-7(30)6(2)8(15,16)9(17,18)10(19,20)11(21,22)12(23,24)13(25,26)14(27,28)29/h6-7H,3-5H2,1-2H3. The summed E-state index contributed by atoms with van der Waals surface area (Å²) in [4.78, 5) is 0. The molecule has 0 fully saturated rings. The quantitative estimate of drug-likeness (QED) is 0.137. The Morgan fingerprint density at radius 2 is 0.933 bits per heavy atom. The lowest BCUT2D eigenvalue weighted by molar-refractivity contribution is -0.454. The first-order chi connectivity index (χ1) is 12.9. The third-order valence-corrected chi connectivity index (χ3v) is 6.00. The van der Waals surface area contributed by atoms with E-state index in [9.17, 15) is 65.9 Å². The van der Waals surface area contributed by atoms with Crippen molar-refractivity contribution in [3.05, 3.63) is 0 Å². The van der Waals surface area contributed by atoms with Crippen molar-refractivity contribution in [1.29, 1.82) is 0 Å². The summed E-state index contributed by atoms with van der Waals surface area (Å²) in [7, 11) is 0. The van der Waals surface area contributed by atoms with Crippen LogP contribution in [0.1, 0.15) is 33.1 Å². The Hall–Kier alpha value is -0.320. The van der Waals surface area contributed by atoms with Crippen molar-refractivity contribution in [3.8, 4) is 0 Å². The number of unbranched alkanes of at least 4 members (excludes halogenated alkanes) is 1. The molecule has 2 unspecified atom stereocenters. The topological polar surface area (TPSA) is 0 Å². The van der Waals surface area contributed by atoms with E-state index in [1.54, 1.807) is 0 Å². The monoisotopic (exact) mass is 594 g/mol. The van der Waals surface area contributed by atoms with Crippen molar-refractivity contribution in [2.24, 2.45) is 5.92 Å². The highest BCUT2D eigenvalue weighted by Gasteiger charge is 2.93. The van der Waals surface area contributed by atoms with Crippen molar-refractivity contribution in [3.63, 3.8) is 0 Å². The molecule has 182 valence electrons. The Labute approximate surface area is 173 Å². The van der Waals surface area contributed by atoms with E-state index in [1.807, 2.05) is 0 Å². The van der Waals surface area contributed by atoms with Crippen molar-refractivity contribution in [2.45, 2.75) is 78.7 Å². The first-order valence-electron chi connectivity index (χ1n) is 7.87. The molecule has 0 spiro atoms. The van der Waals surface area contributed by atoms with Gasteiger partial charge >= 0.3 is 41.7 Å². The second-order valence-corrected chi connectivity index (χ2v) is 8.04. The van der Waals surface area contributed by atoms with Gasteiger partial charge in [-0.05, 0) is 6.42 Å². The summed E-state index contributed by atoms with van der Waals surface area (Å²) in [5, 5.41) is 0. The fourth-order valence-electron chi connectivity index (χ4n) is 2.14. The van der Waals surface area contributed by atoms with Crippen LogP contribution >= 0.6 is 22.6 Å². The number of hydrogen-bond acceptors (Lipinski definition) is 0. The minimum absolute atomic E-state index is 0.0853. The van der Waals surface area contributed by atoms with Gasteiger partial charge in [-0.25, -0.2) is 0 Å². The molecule has 0 saturated heterocycles. The molecule has 0 amide bonds. The van der Waals surface area contributed by atoms with Crippen LogP contribution in [0.2, 0.25) is 0 Å². The molecule has 0 nitrogen and oxygen atoms in total. The molecule has 0 saturated carbocycles. The highest BCUT2D eigenvalue weighted by atomic mass is 127. The van der Waals surface area contributed by atoms with Crippen molar-refractivity contribution < 1.29 is 65.9 Å². The molecule has 0 aromatic rings. The van der Waals surface area contributed by atoms with Gasteiger partial charge in [0.2, 0.25) is 0 Å². The van der Waals surface area contributed by atoms with Crippen LogP contribution in [0, 0.1) is 5.92 Å². The Balaban J connectivity index is 6.42. The number of halogens is 16. The van der Waals surface area contributed by atoms with E-state index >= 15 is 0 Å².